The Labute approximate surface area is 154 Å². The van der Waals surface area contributed by atoms with Crippen LogP contribution in [-0.2, 0) is 15.0 Å². The lowest BCUT2D eigenvalue weighted by Crippen LogP contribution is -2.57. The lowest BCUT2D eigenvalue weighted by molar-refractivity contribution is -0.143. The topological polar surface area (TPSA) is 40.6 Å². The number of hydrogen-bond acceptors (Lipinski definition) is 3. The molecule has 4 nitrogen and oxygen atoms in total. The van der Waals surface area contributed by atoms with Crippen molar-refractivity contribution in [3.63, 3.8) is 0 Å². The van der Waals surface area contributed by atoms with E-state index in [1.807, 2.05) is 30.0 Å². The third-order valence-electron chi connectivity index (χ3n) is 5.47. The van der Waals surface area contributed by atoms with Crippen LogP contribution in [0.4, 0.5) is 0 Å². The van der Waals surface area contributed by atoms with Crippen molar-refractivity contribution in [3.05, 3.63) is 48.6 Å². The number of benzene rings is 1. The highest BCUT2D eigenvalue weighted by Gasteiger charge is 2.46. The number of hydrogen-bond donors (Lipinski definition) is 0. The van der Waals surface area contributed by atoms with Gasteiger partial charge >= 0.3 is 0 Å². The minimum Gasteiger partial charge on any atom is -0.339 e. The fourth-order valence-electron chi connectivity index (χ4n) is 3.92. The summed E-state index contributed by atoms with van der Waals surface area (Å²) >= 11 is 1.91. The van der Waals surface area contributed by atoms with Gasteiger partial charge in [0.1, 0.15) is 0 Å². The molecule has 0 saturated carbocycles. The SMILES string of the molecule is C=CC(=O)N1CCC(C(=O)N2CCSC[C@@H]2C)(c2ccccc2)CC1. The highest BCUT2D eigenvalue weighted by atomic mass is 32.2. The molecule has 0 N–H and O–H groups in total. The zero-order valence-corrected chi connectivity index (χ0v) is 15.6. The Hall–Kier alpha value is -1.75. The molecule has 1 aromatic carbocycles. The van der Waals surface area contributed by atoms with Crippen LogP contribution >= 0.6 is 11.8 Å². The smallest absolute Gasteiger partial charge is 0.245 e. The minimum absolute atomic E-state index is 0.0446. The first kappa shape index (κ1) is 18.1. The van der Waals surface area contributed by atoms with E-state index in [1.165, 1.54) is 6.08 Å². The third kappa shape index (κ3) is 3.47. The molecule has 2 fully saturated rings. The summed E-state index contributed by atoms with van der Waals surface area (Å²) in [6.07, 6.45) is 2.71. The Kier molecular flexibility index (Phi) is 5.52. The zero-order valence-electron chi connectivity index (χ0n) is 14.8. The number of rotatable bonds is 3. The maximum atomic E-state index is 13.6. The van der Waals surface area contributed by atoms with Crippen LogP contribution in [0.25, 0.3) is 0 Å². The van der Waals surface area contributed by atoms with Crippen LogP contribution in [0.15, 0.2) is 43.0 Å². The Morgan fingerprint density at radius 2 is 1.88 bits per heavy atom. The molecule has 2 saturated heterocycles. The molecular weight excluding hydrogens is 332 g/mol. The molecule has 1 atom stereocenters. The van der Waals surface area contributed by atoms with Gasteiger partial charge in [0.05, 0.1) is 5.41 Å². The Balaban J connectivity index is 1.90. The van der Waals surface area contributed by atoms with Crippen molar-refractivity contribution in [2.75, 3.05) is 31.1 Å². The van der Waals surface area contributed by atoms with Gasteiger partial charge in [0.25, 0.3) is 0 Å². The highest BCUT2D eigenvalue weighted by molar-refractivity contribution is 7.99. The molecule has 0 bridgehead atoms. The first-order chi connectivity index (χ1) is 12.1. The Morgan fingerprint density at radius 3 is 2.48 bits per heavy atom. The van der Waals surface area contributed by atoms with Crippen molar-refractivity contribution in [3.8, 4) is 0 Å². The van der Waals surface area contributed by atoms with Gasteiger partial charge in [0, 0.05) is 37.2 Å². The summed E-state index contributed by atoms with van der Waals surface area (Å²) in [5.74, 6) is 2.19. The number of carbonyl (C=O) groups excluding carboxylic acids is 2. The molecule has 0 radical (unpaired) electrons. The average Bonchev–Trinajstić information content (AvgIpc) is 2.68. The number of thioether (sulfide) groups is 1. The molecule has 1 aromatic rings. The predicted molar refractivity (Wildman–Crippen MR) is 103 cm³/mol. The summed E-state index contributed by atoms with van der Waals surface area (Å²) in [5, 5.41) is 0. The van der Waals surface area contributed by atoms with E-state index in [0.29, 0.717) is 25.9 Å². The van der Waals surface area contributed by atoms with Crippen LogP contribution < -0.4 is 0 Å². The highest BCUT2D eigenvalue weighted by Crippen LogP contribution is 2.38. The van der Waals surface area contributed by atoms with E-state index in [9.17, 15) is 9.59 Å². The molecule has 0 unspecified atom stereocenters. The molecular formula is C20H26N2O2S. The summed E-state index contributed by atoms with van der Waals surface area (Å²) in [6, 6.07) is 10.4. The van der Waals surface area contributed by atoms with Crippen molar-refractivity contribution in [2.45, 2.75) is 31.2 Å². The van der Waals surface area contributed by atoms with E-state index in [1.54, 1.807) is 4.90 Å². The monoisotopic (exact) mass is 358 g/mol. The standard InChI is InChI=1S/C20H26N2O2S/c1-3-18(23)21-11-9-20(10-12-21,17-7-5-4-6-8-17)19(24)22-13-14-25-15-16(22)2/h3-8,16H,1,9-15H2,2H3/t16-/m0/s1. The van der Waals surface area contributed by atoms with Gasteiger partial charge in [-0.15, -0.1) is 0 Å². The normalized spacial score (nSPS) is 23.2. The molecule has 0 spiro atoms. The summed E-state index contributed by atoms with van der Waals surface area (Å²) in [5.41, 5.74) is 0.561. The van der Waals surface area contributed by atoms with Crippen LogP contribution in [0.1, 0.15) is 25.3 Å². The summed E-state index contributed by atoms with van der Waals surface area (Å²) in [7, 11) is 0. The molecule has 2 amide bonds. The van der Waals surface area contributed by atoms with Crippen LogP contribution in [-0.4, -0.2) is 58.8 Å². The maximum absolute atomic E-state index is 13.6. The fourth-order valence-corrected chi connectivity index (χ4v) is 4.94. The molecule has 2 aliphatic rings. The van der Waals surface area contributed by atoms with Gasteiger partial charge in [-0.1, -0.05) is 36.9 Å². The summed E-state index contributed by atoms with van der Waals surface area (Å²) in [4.78, 5) is 29.4. The van der Waals surface area contributed by atoms with Gasteiger partial charge in [-0.05, 0) is 31.4 Å². The summed E-state index contributed by atoms with van der Waals surface area (Å²) < 4.78 is 0. The Bertz CT molecular complexity index is 638. The van der Waals surface area contributed by atoms with Crippen LogP contribution in [0.5, 0.6) is 0 Å². The molecule has 0 aliphatic carbocycles. The van der Waals surface area contributed by atoms with Crippen molar-refractivity contribution in [2.24, 2.45) is 0 Å². The molecule has 25 heavy (non-hydrogen) atoms. The number of piperidine rings is 1. The predicted octanol–water partition coefficient (Wildman–Crippen LogP) is 2.70. The van der Waals surface area contributed by atoms with Gasteiger partial charge < -0.3 is 9.80 Å². The second-order valence-electron chi connectivity index (χ2n) is 6.90. The summed E-state index contributed by atoms with van der Waals surface area (Å²) in [6.45, 7) is 7.73. The fraction of sp³-hybridized carbons (Fsp3) is 0.500. The number of nitrogens with zero attached hydrogens (tertiary/aromatic N) is 2. The second-order valence-corrected chi connectivity index (χ2v) is 8.05. The van der Waals surface area contributed by atoms with E-state index in [-0.39, 0.29) is 17.9 Å². The van der Waals surface area contributed by atoms with E-state index >= 15 is 0 Å². The lowest BCUT2D eigenvalue weighted by Gasteiger charge is -2.45. The third-order valence-corrected chi connectivity index (χ3v) is 6.66. The zero-order chi connectivity index (χ0) is 17.9. The van der Waals surface area contributed by atoms with Gasteiger partial charge in [-0.2, -0.15) is 11.8 Å². The van der Waals surface area contributed by atoms with Gasteiger partial charge in [-0.25, -0.2) is 0 Å². The molecule has 2 heterocycles. The molecule has 3 rings (SSSR count). The molecule has 134 valence electrons. The lowest BCUT2D eigenvalue weighted by atomic mass is 9.71. The molecule has 5 heteroatoms. The van der Waals surface area contributed by atoms with E-state index in [0.717, 1.165) is 23.6 Å². The van der Waals surface area contributed by atoms with Crippen molar-refractivity contribution in [1.29, 1.82) is 0 Å². The number of carbonyl (C=O) groups is 2. The molecule has 2 aliphatic heterocycles. The molecule has 0 aromatic heterocycles. The maximum Gasteiger partial charge on any atom is 0.245 e. The van der Waals surface area contributed by atoms with Crippen molar-refractivity contribution < 1.29 is 9.59 Å². The largest absolute Gasteiger partial charge is 0.339 e. The first-order valence-corrected chi connectivity index (χ1v) is 10.1. The minimum atomic E-state index is -0.518. The first-order valence-electron chi connectivity index (χ1n) is 8.94. The van der Waals surface area contributed by atoms with Crippen LogP contribution in [0.2, 0.25) is 0 Å². The number of amides is 2. The van der Waals surface area contributed by atoms with Crippen molar-refractivity contribution in [1.82, 2.24) is 9.80 Å². The van der Waals surface area contributed by atoms with Crippen LogP contribution in [0.3, 0.4) is 0 Å². The Morgan fingerprint density at radius 1 is 1.20 bits per heavy atom. The van der Waals surface area contributed by atoms with Gasteiger partial charge in [-0.3, -0.25) is 9.59 Å². The van der Waals surface area contributed by atoms with Gasteiger partial charge in [0.2, 0.25) is 11.8 Å². The van der Waals surface area contributed by atoms with Crippen LogP contribution in [0, 0.1) is 0 Å². The van der Waals surface area contributed by atoms with E-state index < -0.39 is 5.41 Å². The average molecular weight is 359 g/mol. The van der Waals surface area contributed by atoms with E-state index in [4.69, 9.17) is 0 Å². The number of likely N-dealkylation sites (tertiary alicyclic amines) is 1. The van der Waals surface area contributed by atoms with E-state index in [2.05, 4.69) is 30.5 Å². The second kappa shape index (κ2) is 7.65. The quantitative estimate of drug-likeness (QED) is 0.780. The van der Waals surface area contributed by atoms with Crippen molar-refractivity contribution >= 4 is 23.6 Å². The van der Waals surface area contributed by atoms with Gasteiger partial charge in [0.15, 0.2) is 0 Å².